The molecular weight excluding hydrogens is 267 g/mol. The highest BCUT2D eigenvalue weighted by Crippen LogP contribution is 2.39. The number of halogens is 1. The molecule has 0 amide bonds. The third kappa shape index (κ3) is 2.23. The average molecular weight is 284 g/mol. The van der Waals surface area contributed by atoms with Gasteiger partial charge in [0.2, 0.25) is 0 Å². The Kier molecular flexibility index (Phi) is 3.08. The van der Waals surface area contributed by atoms with Crippen molar-refractivity contribution in [3.05, 3.63) is 64.5 Å². The number of ketones is 1. The van der Waals surface area contributed by atoms with Gasteiger partial charge in [-0.05, 0) is 36.8 Å². The van der Waals surface area contributed by atoms with Crippen molar-refractivity contribution in [2.24, 2.45) is 0 Å². The quantitative estimate of drug-likeness (QED) is 0.778. The maximum absolute atomic E-state index is 14.1. The molecule has 0 saturated carbocycles. The highest BCUT2D eigenvalue weighted by molar-refractivity contribution is 6.09. The molecule has 1 aliphatic rings. The van der Waals surface area contributed by atoms with E-state index in [0.29, 0.717) is 17.7 Å². The molecule has 108 valence electrons. The van der Waals surface area contributed by atoms with E-state index in [2.05, 4.69) is 13.8 Å². The lowest BCUT2D eigenvalue weighted by Crippen LogP contribution is -2.18. The molecule has 0 fully saturated rings. The van der Waals surface area contributed by atoms with Crippen molar-refractivity contribution in [1.82, 2.24) is 0 Å². The number of carbonyl (C=O) groups is 1. The van der Waals surface area contributed by atoms with Gasteiger partial charge in [0.1, 0.15) is 11.6 Å². The number of fused-ring (bicyclic) bond motifs is 1. The number of aryl methyl sites for hydroxylation is 1. The van der Waals surface area contributed by atoms with Gasteiger partial charge in [-0.1, -0.05) is 26.0 Å². The molecule has 0 spiro atoms. The highest BCUT2D eigenvalue weighted by atomic mass is 19.1. The molecule has 1 aliphatic heterocycles. The second-order valence-electron chi connectivity index (χ2n) is 6.15. The Morgan fingerprint density at radius 2 is 2.00 bits per heavy atom. The summed E-state index contributed by atoms with van der Waals surface area (Å²) >= 11 is 0. The molecule has 0 aromatic heterocycles. The van der Waals surface area contributed by atoms with Gasteiger partial charge in [-0.15, -0.1) is 0 Å². The molecular formula is C18H17FO2. The van der Waals surface area contributed by atoms with Crippen LogP contribution in [0, 0.1) is 12.7 Å². The minimum absolute atomic E-state index is 0.117. The fourth-order valence-electron chi connectivity index (χ4n) is 2.64. The molecule has 2 nitrogen and oxygen atoms in total. The van der Waals surface area contributed by atoms with Gasteiger partial charge in [0.15, 0.2) is 5.78 Å². The SMILES string of the molecule is Cc1cccc(C(=O)c2ccc3c(c2)C(C)(C)CO3)c1F. The largest absolute Gasteiger partial charge is 0.492 e. The second-order valence-corrected chi connectivity index (χ2v) is 6.15. The molecule has 0 atom stereocenters. The van der Waals surface area contributed by atoms with Gasteiger partial charge < -0.3 is 4.74 Å². The number of hydrogen-bond donors (Lipinski definition) is 0. The van der Waals surface area contributed by atoms with Crippen LogP contribution in [0.25, 0.3) is 0 Å². The number of carbonyl (C=O) groups excluding carboxylic acids is 1. The zero-order chi connectivity index (χ0) is 15.2. The van der Waals surface area contributed by atoms with E-state index < -0.39 is 5.82 Å². The van der Waals surface area contributed by atoms with Crippen LogP contribution >= 0.6 is 0 Å². The first kappa shape index (κ1) is 13.8. The van der Waals surface area contributed by atoms with E-state index in [1.807, 2.05) is 6.07 Å². The van der Waals surface area contributed by atoms with Crippen molar-refractivity contribution in [3.8, 4) is 5.75 Å². The zero-order valence-corrected chi connectivity index (χ0v) is 12.4. The van der Waals surface area contributed by atoms with Gasteiger partial charge in [-0.3, -0.25) is 4.79 Å². The summed E-state index contributed by atoms with van der Waals surface area (Å²) in [6, 6.07) is 10.2. The molecule has 0 radical (unpaired) electrons. The summed E-state index contributed by atoms with van der Waals surface area (Å²) in [5.41, 5.74) is 1.96. The van der Waals surface area contributed by atoms with Crippen LogP contribution in [0.15, 0.2) is 36.4 Å². The van der Waals surface area contributed by atoms with Crippen LogP contribution in [0.1, 0.15) is 40.9 Å². The van der Waals surface area contributed by atoms with Gasteiger partial charge in [0.05, 0.1) is 12.2 Å². The van der Waals surface area contributed by atoms with Gasteiger partial charge in [0.25, 0.3) is 0 Å². The number of benzene rings is 2. The monoisotopic (exact) mass is 284 g/mol. The minimum Gasteiger partial charge on any atom is -0.492 e. The molecule has 0 saturated heterocycles. The van der Waals surface area contributed by atoms with Crippen LogP contribution in [0.2, 0.25) is 0 Å². The topological polar surface area (TPSA) is 26.3 Å². The highest BCUT2D eigenvalue weighted by Gasteiger charge is 2.32. The van der Waals surface area contributed by atoms with Crippen molar-refractivity contribution < 1.29 is 13.9 Å². The second kappa shape index (κ2) is 4.69. The molecule has 3 rings (SSSR count). The molecule has 2 aromatic carbocycles. The Bertz CT molecular complexity index is 732. The van der Waals surface area contributed by atoms with Gasteiger partial charge >= 0.3 is 0 Å². The third-order valence-electron chi connectivity index (χ3n) is 4.00. The van der Waals surface area contributed by atoms with Crippen molar-refractivity contribution in [3.63, 3.8) is 0 Å². The van der Waals surface area contributed by atoms with Crippen molar-refractivity contribution in [1.29, 1.82) is 0 Å². The fraction of sp³-hybridized carbons (Fsp3) is 0.278. The first-order chi connectivity index (χ1) is 9.90. The van der Waals surface area contributed by atoms with Gasteiger partial charge in [-0.2, -0.15) is 0 Å². The lowest BCUT2D eigenvalue weighted by atomic mass is 9.85. The maximum atomic E-state index is 14.1. The Morgan fingerprint density at radius 3 is 2.76 bits per heavy atom. The zero-order valence-electron chi connectivity index (χ0n) is 12.4. The average Bonchev–Trinajstić information content (AvgIpc) is 2.76. The molecule has 1 heterocycles. The van der Waals surface area contributed by atoms with E-state index in [-0.39, 0.29) is 16.8 Å². The van der Waals surface area contributed by atoms with E-state index in [4.69, 9.17) is 4.74 Å². The Labute approximate surface area is 123 Å². The summed E-state index contributed by atoms with van der Waals surface area (Å²) in [7, 11) is 0. The van der Waals surface area contributed by atoms with Crippen LogP contribution in [0.3, 0.4) is 0 Å². The van der Waals surface area contributed by atoms with Crippen LogP contribution in [0.5, 0.6) is 5.75 Å². The first-order valence-corrected chi connectivity index (χ1v) is 6.97. The van der Waals surface area contributed by atoms with Crippen LogP contribution in [0.4, 0.5) is 4.39 Å². The van der Waals surface area contributed by atoms with Crippen LogP contribution in [-0.4, -0.2) is 12.4 Å². The van der Waals surface area contributed by atoms with Crippen molar-refractivity contribution >= 4 is 5.78 Å². The normalized spacial score (nSPS) is 15.4. The smallest absolute Gasteiger partial charge is 0.195 e. The number of rotatable bonds is 2. The molecule has 0 unspecified atom stereocenters. The van der Waals surface area contributed by atoms with E-state index >= 15 is 0 Å². The van der Waals surface area contributed by atoms with Crippen molar-refractivity contribution in [2.45, 2.75) is 26.2 Å². The fourth-order valence-corrected chi connectivity index (χ4v) is 2.64. The molecule has 0 N–H and O–H groups in total. The summed E-state index contributed by atoms with van der Waals surface area (Å²) in [5, 5.41) is 0. The standard InChI is InChI=1S/C18H17FO2/c1-11-5-4-6-13(16(11)19)17(20)12-7-8-15-14(9-12)18(2,3)10-21-15/h4-9H,10H2,1-3H3. The lowest BCUT2D eigenvalue weighted by Gasteiger charge is -2.15. The first-order valence-electron chi connectivity index (χ1n) is 6.97. The van der Waals surface area contributed by atoms with Crippen LogP contribution < -0.4 is 4.74 Å². The van der Waals surface area contributed by atoms with E-state index in [1.165, 1.54) is 6.07 Å². The summed E-state index contributed by atoms with van der Waals surface area (Å²) in [5.74, 6) is 0.0708. The van der Waals surface area contributed by atoms with Gasteiger partial charge in [0, 0.05) is 16.5 Å². The number of hydrogen-bond acceptors (Lipinski definition) is 2. The van der Waals surface area contributed by atoms with Crippen LogP contribution in [-0.2, 0) is 5.41 Å². The van der Waals surface area contributed by atoms with Gasteiger partial charge in [-0.25, -0.2) is 4.39 Å². The van der Waals surface area contributed by atoms with Crippen molar-refractivity contribution in [2.75, 3.05) is 6.61 Å². The summed E-state index contributed by atoms with van der Waals surface area (Å²) in [6.45, 7) is 6.39. The summed E-state index contributed by atoms with van der Waals surface area (Å²) in [4.78, 5) is 12.5. The molecule has 21 heavy (non-hydrogen) atoms. The summed E-state index contributed by atoms with van der Waals surface area (Å²) in [6.07, 6.45) is 0. The third-order valence-corrected chi connectivity index (χ3v) is 4.00. The van der Waals surface area contributed by atoms with E-state index in [9.17, 15) is 9.18 Å². The predicted octanol–water partition coefficient (Wildman–Crippen LogP) is 4.04. The molecule has 0 aliphatic carbocycles. The van der Waals surface area contributed by atoms with E-state index in [0.717, 1.165) is 11.3 Å². The maximum Gasteiger partial charge on any atom is 0.195 e. The molecule has 2 aromatic rings. The Hall–Kier alpha value is -2.16. The Morgan fingerprint density at radius 1 is 1.24 bits per heavy atom. The summed E-state index contributed by atoms with van der Waals surface area (Å²) < 4.78 is 19.7. The minimum atomic E-state index is -0.446. The van der Waals surface area contributed by atoms with E-state index in [1.54, 1.807) is 31.2 Å². The Balaban J connectivity index is 2.06. The molecule has 0 bridgehead atoms. The number of ether oxygens (including phenoxy) is 1. The molecule has 3 heteroatoms. The lowest BCUT2D eigenvalue weighted by molar-refractivity contribution is 0.103. The predicted molar refractivity (Wildman–Crippen MR) is 79.5 cm³/mol.